The monoisotopic (exact) mass is 392 g/mol. The van der Waals surface area contributed by atoms with Crippen molar-refractivity contribution in [3.8, 4) is 27.9 Å². The molecule has 0 amide bonds. The van der Waals surface area contributed by atoms with E-state index in [2.05, 4.69) is 15.0 Å². The Morgan fingerprint density at radius 3 is 2.54 bits per heavy atom. The van der Waals surface area contributed by atoms with Crippen molar-refractivity contribution in [2.45, 2.75) is 0 Å². The predicted molar refractivity (Wildman–Crippen MR) is 107 cm³/mol. The molecule has 0 spiro atoms. The quantitative estimate of drug-likeness (QED) is 0.559. The molecule has 0 aliphatic heterocycles. The molecule has 3 heterocycles. The van der Waals surface area contributed by atoms with E-state index in [0.29, 0.717) is 27.4 Å². The molecule has 0 aliphatic rings. The molecule has 4 aromatic rings. The van der Waals surface area contributed by atoms with Crippen molar-refractivity contribution in [1.29, 1.82) is 0 Å². The minimum atomic E-state index is -0.607. The zero-order valence-electron chi connectivity index (χ0n) is 14.3. The second-order valence-corrected chi connectivity index (χ2v) is 6.46. The van der Waals surface area contributed by atoms with Gasteiger partial charge in [-0.1, -0.05) is 23.7 Å². The highest BCUT2D eigenvalue weighted by atomic mass is 35.5. The standard InChI is InChI=1S/C20H13ClN4O3/c21-14-4-1-3-12(7-14)16-8-13(17-10-23-20(28)24-18(17)26)11-25(19(16)27)15-5-2-6-22-9-15/h1-11H,(H2,23,24,26,28). The van der Waals surface area contributed by atoms with Crippen LogP contribution in [0.5, 0.6) is 0 Å². The van der Waals surface area contributed by atoms with Crippen LogP contribution in [0.3, 0.4) is 0 Å². The molecule has 0 bridgehead atoms. The Morgan fingerprint density at radius 1 is 0.964 bits per heavy atom. The van der Waals surface area contributed by atoms with Crippen molar-refractivity contribution >= 4 is 11.6 Å². The molecule has 28 heavy (non-hydrogen) atoms. The highest BCUT2D eigenvalue weighted by Crippen LogP contribution is 2.24. The van der Waals surface area contributed by atoms with Crippen LogP contribution in [0, 0.1) is 0 Å². The van der Waals surface area contributed by atoms with E-state index in [1.165, 1.54) is 17.0 Å². The van der Waals surface area contributed by atoms with Crippen molar-refractivity contribution in [3.05, 3.63) is 103 Å². The fourth-order valence-corrected chi connectivity index (χ4v) is 3.09. The van der Waals surface area contributed by atoms with Gasteiger partial charge in [-0.2, -0.15) is 0 Å². The summed E-state index contributed by atoms with van der Waals surface area (Å²) in [6.45, 7) is 0. The maximum atomic E-state index is 13.2. The maximum absolute atomic E-state index is 13.2. The Hall–Kier alpha value is -3.71. The molecule has 0 aliphatic carbocycles. The normalized spacial score (nSPS) is 10.8. The number of H-pyrrole nitrogens is 2. The second-order valence-electron chi connectivity index (χ2n) is 6.02. The summed E-state index contributed by atoms with van der Waals surface area (Å²) in [4.78, 5) is 45.5. The lowest BCUT2D eigenvalue weighted by molar-refractivity contribution is 0.978. The number of aromatic amines is 2. The van der Waals surface area contributed by atoms with Crippen molar-refractivity contribution in [1.82, 2.24) is 19.5 Å². The molecule has 0 saturated heterocycles. The van der Waals surface area contributed by atoms with Crippen LogP contribution in [0.25, 0.3) is 27.9 Å². The summed E-state index contributed by atoms with van der Waals surface area (Å²) >= 11 is 6.09. The first kappa shape index (κ1) is 17.7. The molecule has 0 radical (unpaired) electrons. The average Bonchev–Trinajstić information content (AvgIpc) is 2.69. The molecule has 2 N–H and O–H groups in total. The van der Waals surface area contributed by atoms with Gasteiger partial charge in [0.05, 0.1) is 17.4 Å². The number of pyridine rings is 2. The molecule has 0 unspecified atom stereocenters. The van der Waals surface area contributed by atoms with E-state index in [4.69, 9.17) is 11.6 Å². The van der Waals surface area contributed by atoms with Gasteiger partial charge in [0.25, 0.3) is 11.1 Å². The molecule has 0 atom stereocenters. The summed E-state index contributed by atoms with van der Waals surface area (Å²) in [6.07, 6.45) is 6.00. The first-order valence-corrected chi connectivity index (χ1v) is 8.66. The lowest BCUT2D eigenvalue weighted by Gasteiger charge is -2.12. The summed E-state index contributed by atoms with van der Waals surface area (Å²) in [6, 6.07) is 11.9. The SMILES string of the molecule is O=c1[nH]cc(-c2cc(-c3cccc(Cl)c3)c(=O)n(-c3cccnc3)c2)c(=O)[nH]1. The average molecular weight is 393 g/mol. The molecule has 138 valence electrons. The van der Waals surface area contributed by atoms with Gasteiger partial charge in [-0.3, -0.25) is 24.1 Å². The third kappa shape index (κ3) is 3.30. The van der Waals surface area contributed by atoms with Crippen molar-refractivity contribution in [3.63, 3.8) is 0 Å². The van der Waals surface area contributed by atoms with Crippen molar-refractivity contribution in [2.75, 3.05) is 0 Å². The number of hydrogen-bond acceptors (Lipinski definition) is 4. The van der Waals surface area contributed by atoms with Gasteiger partial charge in [0.15, 0.2) is 0 Å². The summed E-state index contributed by atoms with van der Waals surface area (Å²) in [5.41, 5.74) is 0.726. The molecule has 1 aromatic carbocycles. The smallest absolute Gasteiger partial charge is 0.313 e. The number of hydrogen-bond donors (Lipinski definition) is 2. The Kier molecular flexibility index (Phi) is 4.50. The van der Waals surface area contributed by atoms with Gasteiger partial charge in [0.1, 0.15) is 0 Å². The molecule has 7 nitrogen and oxygen atoms in total. The van der Waals surface area contributed by atoms with Crippen LogP contribution in [0.2, 0.25) is 5.02 Å². The van der Waals surface area contributed by atoms with E-state index in [-0.39, 0.29) is 11.1 Å². The van der Waals surface area contributed by atoms with Crippen LogP contribution in [-0.4, -0.2) is 19.5 Å². The first-order chi connectivity index (χ1) is 13.5. The van der Waals surface area contributed by atoms with Crippen LogP contribution >= 0.6 is 11.6 Å². The topological polar surface area (TPSA) is 101 Å². The fraction of sp³-hybridized carbons (Fsp3) is 0. The number of halogens is 1. The summed E-state index contributed by atoms with van der Waals surface area (Å²) < 4.78 is 1.41. The van der Waals surface area contributed by atoms with Gasteiger partial charge in [0.2, 0.25) is 0 Å². The lowest BCUT2D eigenvalue weighted by Crippen LogP contribution is -2.24. The van der Waals surface area contributed by atoms with E-state index in [0.717, 1.165) is 0 Å². The zero-order chi connectivity index (χ0) is 19.7. The number of aromatic nitrogens is 4. The Bertz CT molecular complexity index is 1340. The van der Waals surface area contributed by atoms with E-state index in [1.807, 2.05) is 0 Å². The van der Waals surface area contributed by atoms with Gasteiger partial charge in [-0.25, -0.2) is 4.79 Å². The third-order valence-corrected chi connectivity index (χ3v) is 4.44. The van der Waals surface area contributed by atoms with E-state index in [1.54, 1.807) is 54.9 Å². The maximum Gasteiger partial charge on any atom is 0.325 e. The Labute approximate surface area is 162 Å². The summed E-state index contributed by atoms with van der Waals surface area (Å²) in [7, 11) is 0. The minimum Gasteiger partial charge on any atom is -0.313 e. The van der Waals surface area contributed by atoms with Crippen LogP contribution in [-0.2, 0) is 0 Å². The molecule has 0 saturated carbocycles. The molecule has 8 heteroatoms. The molecule has 0 fully saturated rings. The van der Waals surface area contributed by atoms with Crippen LogP contribution in [0.15, 0.2) is 81.6 Å². The van der Waals surface area contributed by atoms with Crippen molar-refractivity contribution in [2.24, 2.45) is 0 Å². The molecular formula is C20H13ClN4O3. The van der Waals surface area contributed by atoms with Gasteiger partial charge >= 0.3 is 5.69 Å². The van der Waals surface area contributed by atoms with Gasteiger partial charge < -0.3 is 4.98 Å². The van der Waals surface area contributed by atoms with Gasteiger partial charge in [0, 0.05) is 34.7 Å². The van der Waals surface area contributed by atoms with Crippen LogP contribution in [0.4, 0.5) is 0 Å². The fourth-order valence-electron chi connectivity index (χ4n) is 2.90. The molecule has 3 aromatic heterocycles. The number of rotatable bonds is 3. The second kappa shape index (κ2) is 7.13. The van der Waals surface area contributed by atoms with E-state index < -0.39 is 11.2 Å². The zero-order valence-corrected chi connectivity index (χ0v) is 15.1. The van der Waals surface area contributed by atoms with Crippen LogP contribution in [0.1, 0.15) is 0 Å². The lowest BCUT2D eigenvalue weighted by atomic mass is 10.0. The van der Waals surface area contributed by atoms with Gasteiger partial charge in [-0.15, -0.1) is 0 Å². The highest BCUT2D eigenvalue weighted by Gasteiger charge is 2.14. The third-order valence-electron chi connectivity index (χ3n) is 4.21. The number of nitrogens with one attached hydrogen (secondary N) is 2. The van der Waals surface area contributed by atoms with Gasteiger partial charge in [-0.05, 0) is 35.9 Å². The highest BCUT2D eigenvalue weighted by molar-refractivity contribution is 6.30. The summed E-state index contributed by atoms with van der Waals surface area (Å²) in [5, 5.41) is 0.483. The van der Waals surface area contributed by atoms with Crippen molar-refractivity contribution < 1.29 is 0 Å². The Balaban J connectivity index is 2.05. The summed E-state index contributed by atoms with van der Waals surface area (Å²) in [5.74, 6) is 0. The first-order valence-electron chi connectivity index (χ1n) is 8.28. The van der Waals surface area contributed by atoms with E-state index in [9.17, 15) is 14.4 Å². The largest absolute Gasteiger partial charge is 0.325 e. The number of benzene rings is 1. The number of nitrogens with zero attached hydrogens (tertiary/aromatic N) is 2. The Morgan fingerprint density at radius 2 is 1.82 bits per heavy atom. The molecular weight excluding hydrogens is 380 g/mol. The van der Waals surface area contributed by atoms with E-state index >= 15 is 0 Å². The minimum absolute atomic E-state index is 0.223. The molecule has 4 rings (SSSR count). The van der Waals surface area contributed by atoms with Crippen LogP contribution < -0.4 is 16.8 Å². The predicted octanol–water partition coefficient (Wildman–Crippen LogP) is 2.60.